The van der Waals surface area contributed by atoms with Crippen molar-refractivity contribution in [3.8, 4) is 11.5 Å². The first-order valence-electron chi connectivity index (χ1n) is 11.9. The zero-order chi connectivity index (χ0) is 23.2. The van der Waals surface area contributed by atoms with E-state index in [2.05, 4.69) is 32.4 Å². The van der Waals surface area contributed by atoms with Crippen LogP contribution < -0.4 is 25.8 Å². The second-order valence-electron chi connectivity index (χ2n) is 8.81. The molecule has 1 aromatic rings. The first-order chi connectivity index (χ1) is 16.1. The summed E-state index contributed by atoms with van der Waals surface area (Å²) in [6.07, 6.45) is 3.79. The number of hydrogen-bond acceptors (Lipinski definition) is 9. The molecule has 182 valence electrons. The highest BCUT2D eigenvalue weighted by Gasteiger charge is 2.32. The van der Waals surface area contributed by atoms with E-state index in [0.29, 0.717) is 23.7 Å². The fourth-order valence-electron chi connectivity index (χ4n) is 4.83. The molecule has 0 aromatic heterocycles. The number of nitrogens with two attached hydrogens (primary N) is 1. The maximum absolute atomic E-state index is 14.3. The van der Waals surface area contributed by atoms with E-state index in [-0.39, 0.29) is 11.7 Å². The molecule has 9 nitrogen and oxygen atoms in total. The van der Waals surface area contributed by atoms with Crippen LogP contribution in [0.4, 0.5) is 4.39 Å². The van der Waals surface area contributed by atoms with Crippen molar-refractivity contribution >= 4 is 11.9 Å². The van der Waals surface area contributed by atoms with Crippen molar-refractivity contribution in [3.05, 3.63) is 24.0 Å². The van der Waals surface area contributed by atoms with Gasteiger partial charge in [0.2, 0.25) is 11.9 Å². The number of likely N-dealkylation sites (N-methyl/N-ethyl adjacent to an activating group) is 1. The molecule has 4 rings (SSSR count). The van der Waals surface area contributed by atoms with Crippen LogP contribution in [0.2, 0.25) is 0 Å². The second-order valence-corrected chi connectivity index (χ2v) is 8.81. The molecule has 3 heterocycles. The molecule has 0 bridgehead atoms. The number of aliphatic imine (C=N–C) groups is 2. The minimum Gasteiger partial charge on any atom is -0.494 e. The highest BCUT2D eigenvalue weighted by atomic mass is 19.1. The topological polar surface area (TPSA) is 99.7 Å². The zero-order valence-corrected chi connectivity index (χ0v) is 19.6. The first-order valence-corrected chi connectivity index (χ1v) is 11.9. The number of halogens is 1. The summed E-state index contributed by atoms with van der Waals surface area (Å²) in [5, 5.41) is 6.94. The molecule has 2 unspecified atom stereocenters. The lowest BCUT2D eigenvalue weighted by Gasteiger charge is -2.38. The molecule has 0 radical (unpaired) electrons. The van der Waals surface area contributed by atoms with Crippen molar-refractivity contribution < 1.29 is 13.9 Å². The van der Waals surface area contributed by atoms with Gasteiger partial charge in [0.1, 0.15) is 5.75 Å². The normalized spacial score (nSPS) is 24.4. The summed E-state index contributed by atoms with van der Waals surface area (Å²) < 4.78 is 25.4. The standard InChI is InChI=1S/C23H36FN7O2/c1-3-30-12-4-5-17(30)14-27-22-28-21(25)29-23(31(22)15-16-8-10-26-11-9-16)33-18-6-7-20(32-2)19(24)13-18/h6-7,13,16-17,23,26H,3-5,8-12,14-15H2,1-2H3,(H3,25,27,28,29). The van der Waals surface area contributed by atoms with E-state index in [1.165, 1.54) is 19.6 Å². The molecular formula is C23H36FN7O2. The Balaban J connectivity index is 1.52. The van der Waals surface area contributed by atoms with Crippen LogP contribution >= 0.6 is 0 Å². The molecule has 2 saturated heterocycles. The Hall–Kier alpha value is -2.59. The summed E-state index contributed by atoms with van der Waals surface area (Å²) in [4.78, 5) is 13.5. The minimum atomic E-state index is -0.724. The Morgan fingerprint density at radius 3 is 2.82 bits per heavy atom. The van der Waals surface area contributed by atoms with E-state index in [9.17, 15) is 4.39 Å². The van der Waals surface area contributed by atoms with Crippen molar-refractivity contribution in [2.75, 3.05) is 46.4 Å². The van der Waals surface area contributed by atoms with Gasteiger partial charge in [-0.1, -0.05) is 6.92 Å². The lowest BCUT2D eigenvalue weighted by Crippen LogP contribution is -2.56. The van der Waals surface area contributed by atoms with E-state index in [4.69, 9.17) is 15.2 Å². The molecule has 1 aromatic carbocycles. The number of guanidine groups is 2. The van der Waals surface area contributed by atoms with Crippen LogP contribution in [0.1, 0.15) is 32.6 Å². The fraction of sp³-hybridized carbons (Fsp3) is 0.652. The van der Waals surface area contributed by atoms with Crippen molar-refractivity contribution in [1.82, 2.24) is 20.4 Å². The second kappa shape index (κ2) is 11.0. The van der Waals surface area contributed by atoms with Gasteiger partial charge >= 0.3 is 0 Å². The molecule has 0 saturated carbocycles. The molecule has 3 aliphatic rings. The van der Waals surface area contributed by atoms with Gasteiger partial charge in [-0.25, -0.2) is 4.39 Å². The lowest BCUT2D eigenvalue weighted by atomic mass is 9.97. The van der Waals surface area contributed by atoms with E-state index in [0.717, 1.165) is 58.5 Å². The average molecular weight is 462 g/mol. The summed E-state index contributed by atoms with van der Waals surface area (Å²) in [6, 6.07) is 5.00. The summed E-state index contributed by atoms with van der Waals surface area (Å²) in [5.41, 5.74) is 6.08. The molecule has 0 aliphatic carbocycles. The lowest BCUT2D eigenvalue weighted by molar-refractivity contribution is 0.0643. The maximum atomic E-state index is 14.3. The van der Waals surface area contributed by atoms with Crippen molar-refractivity contribution in [2.45, 2.75) is 45.0 Å². The molecule has 0 spiro atoms. The average Bonchev–Trinajstić information content (AvgIpc) is 3.28. The first kappa shape index (κ1) is 23.6. The van der Waals surface area contributed by atoms with Gasteiger partial charge in [-0.15, -0.1) is 0 Å². The van der Waals surface area contributed by atoms with Crippen LogP contribution in [0.15, 0.2) is 28.2 Å². The van der Waals surface area contributed by atoms with Crippen molar-refractivity contribution in [3.63, 3.8) is 0 Å². The molecule has 33 heavy (non-hydrogen) atoms. The fourth-order valence-corrected chi connectivity index (χ4v) is 4.83. The predicted molar refractivity (Wildman–Crippen MR) is 127 cm³/mol. The van der Waals surface area contributed by atoms with E-state index in [1.807, 2.05) is 4.90 Å². The van der Waals surface area contributed by atoms with Gasteiger partial charge in [0, 0.05) is 25.2 Å². The van der Waals surface area contributed by atoms with Crippen LogP contribution in [0.5, 0.6) is 11.5 Å². The Morgan fingerprint density at radius 2 is 2.09 bits per heavy atom. The van der Waals surface area contributed by atoms with Crippen LogP contribution in [0.3, 0.4) is 0 Å². The van der Waals surface area contributed by atoms with E-state index < -0.39 is 12.2 Å². The van der Waals surface area contributed by atoms with Crippen molar-refractivity contribution in [1.29, 1.82) is 0 Å². The molecule has 3 aliphatic heterocycles. The monoisotopic (exact) mass is 461 g/mol. The maximum Gasteiger partial charge on any atom is 0.276 e. The SMILES string of the molecule is CCN1CCCC1CNC1=NC(N)=NC(Oc2ccc(OC)c(F)c2)N1CC1CCNCC1. The van der Waals surface area contributed by atoms with Gasteiger partial charge in [-0.05, 0) is 69.9 Å². The number of rotatable bonds is 8. The summed E-state index contributed by atoms with van der Waals surface area (Å²) in [7, 11) is 1.43. The molecule has 0 amide bonds. The van der Waals surface area contributed by atoms with Gasteiger partial charge in [0.25, 0.3) is 6.35 Å². The highest BCUT2D eigenvalue weighted by Crippen LogP contribution is 2.26. The summed E-state index contributed by atoms with van der Waals surface area (Å²) in [5.74, 6) is 1.34. The third-order valence-electron chi connectivity index (χ3n) is 6.68. The number of piperidine rings is 1. The van der Waals surface area contributed by atoms with Gasteiger partial charge in [0.15, 0.2) is 11.6 Å². The number of likely N-dealkylation sites (tertiary alicyclic amines) is 1. The molecule has 2 atom stereocenters. The predicted octanol–water partition coefficient (Wildman–Crippen LogP) is 1.56. The Kier molecular flexibility index (Phi) is 7.87. The van der Waals surface area contributed by atoms with Gasteiger partial charge in [-0.3, -0.25) is 9.80 Å². The minimum absolute atomic E-state index is 0.150. The number of hydrogen-bond donors (Lipinski definition) is 3. The zero-order valence-electron chi connectivity index (χ0n) is 19.6. The number of ether oxygens (including phenoxy) is 2. The van der Waals surface area contributed by atoms with Gasteiger partial charge in [0.05, 0.1) is 7.11 Å². The van der Waals surface area contributed by atoms with Crippen LogP contribution in [0.25, 0.3) is 0 Å². The van der Waals surface area contributed by atoms with E-state index >= 15 is 0 Å². The quantitative estimate of drug-likeness (QED) is 0.540. The molecular weight excluding hydrogens is 425 g/mol. The Bertz CT molecular complexity index is 859. The smallest absolute Gasteiger partial charge is 0.276 e. The van der Waals surface area contributed by atoms with Gasteiger partial charge < -0.3 is 25.8 Å². The third-order valence-corrected chi connectivity index (χ3v) is 6.68. The number of benzene rings is 1. The number of nitrogens with zero attached hydrogens (tertiary/aromatic N) is 4. The number of nitrogens with one attached hydrogen (secondary N) is 2. The van der Waals surface area contributed by atoms with Crippen LogP contribution in [-0.4, -0.2) is 80.5 Å². The number of methoxy groups -OCH3 is 1. The highest BCUT2D eigenvalue weighted by molar-refractivity contribution is 5.96. The van der Waals surface area contributed by atoms with Gasteiger partial charge in [-0.2, -0.15) is 9.98 Å². The summed E-state index contributed by atoms with van der Waals surface area (Å²) >= 11 is 0. The van der Waals surface area contributed by atoms with Crippen LogP contribution in [-0.2, 0) is 0 Å². The summed E-state index contributed by atoms with van der Waals surface area (Å²) in [6.45, 7) is 7.87. The molecule has 2 fully saturated rings. The Morgan fingerprint density at radius 1 is 1.27 bits per heavy atom. The molecule has 10 heteroatoms. The van der Waals surface area contributed by atoms with Crippen LogP contribution in [0, 0.1) is 11.7 Å². The Labute approximate surface area is 195 Å². The van der Waals surface area contributed by atoms with E-state index in [1.54, 1.807) is 12.1 Å². The van der Waals surface area contributed by atoms with Crippen molar-refractivity contribution in [2.24, 2.45) is 21.6 Å². The largest absolute Gasteiger partial charge is 0.494 e. The third kappa shape index (κ3) is 5.86. The molecule has 4 N–H and O–H groups in total.